The van der Waals surface area contributed by atoms with Crippen LogP contribution in [0, 0.1) is 17.2 Å². The van der Waals surface area contributed by atoms with Crippen molar-refractivity contribution in [2.75, 3.05) is 17.9 Å². The number of nitriles is 1. The number of alkyl halides is 3. The van der Waals surface area contributed by atoms with Crippen LogP contribution < -0.4 is 9.62 Å². The van der Waals surface area contributed by atoms with Crippen molar-refractivity contribution in [2.24, 2.45) is 5.92 Å². The molecular formula is C17H16F3N3O4S. The molecule has 1 aromatic rings. The summed E-state index contributed by atoms with van der Waals surface area (Å²) in [6, 6.07) is 4.22. The maximum atomic E-state index is 13.4. The molecular weight excluding hydrogens is 399 g/mol. The van der Waals surface area contributed by atoms with E-state index in [-0.39, 0.29) is 12.2 Å². The van der Waals surface area contributed by atoms with Gasteiger partial charge in [0.2, 0.25) is 10.7 Å². The fourth-order valence-corrected chi connectivity index (χ4v) is 7.31. The Labute approximate surface area is 159 Å². The highest BCUT2D eigenvalue weighted by atomic mass is 32.2. The summed E-state index contributed by atoms with van der Waals surface area (Å²) in [6.07, 6.45) is -5.11. The van der Waals surface area contributed by atoms with Crippen molar-refractivity contribution in [1.29, 1.82) is 5.26 Å². The molecule has 7 nitrogen and oxygen atoms in total. The van der Waals surface area contributed by atoms with Gasteiger partial charge >= 0.3 is 6.18 Å². The summed E-state index contributed by atoms with van der Waals surface area (Å²) in [4.78, 5) is 12.7. The van der Waals surface area contributed by atoms with Crippen molar-refractivity contribution in [3.63, 3.8) is 0 Å². The van der Waals surface area contributed by atoms with Crippen LogP contribution in [-0.4, -0.2) is 44.9 Å². The standard InChI is InChI=1S/C17H16F3N3O4S/c1-22-15(24)16-12(13-4-5-14(16)27-13)8-23(28(16,25)26)10-3-2-9(7-21)11(6-10)17(18,19)20/h2-3,6,12-14H,4-5,8H2,1H3,(H,22,24)/t12-,13+,14-,16?/m0/s1. The van der Waals surface area contributed by atoms with Gasteiger partial charge < -0.3 is 10.1 Å². The zero-order valence-electron chi connectivity index (χ0n) is 14.7. The molecule has 150 valence electrons. The number of fused-ring (bicyclic) bond motifs is 5. The number of halogens is 3. The lowest BCUT2D eigenvalue weighted by Crippen LogP contribution is -2.60. The van der Waals surface area contributed by atoms with E-state index in [4.69, 9.17) is 10.00 Å². The molecule has 0 radical (unpaired) electrons. The zero-order chi connectivity index (χ0) is 20.5. The van der Waals surface area contributed by atoms with E-state index in [1.54, 1.807) is 0 Å². The summed E-state index contributed by atoms with van der Waals surface area (Å²) < 4.78 is 71.5. The molecule has 4 atom stereocenters. The van der Waals surface area contributed by atoms with E-state index in [9.17, 15) is 26.4 Å². The number of carbonyl (C=O) groups is 1. The van der Waals surface area contributed by atoms with Gasteiger partial charge in [-0.15, -0.1) is 0 Å². The zero-order valence-corrected chi connectivity index (χ0v) is 15.5. The number of hydrogen-bond acceptors (Lipinski definition) is 5. The molecule has 0 aliphatic carbocycles. The molecule has 1 amide bonds. The monoisotopic (exact) mass is 415 g/mol. The Hall–Kier alpha value is -2.32. The van der Waals surface area contributed by atoms with Crippen molar-refractivity contribution < 1.29 is 31.1 Å². The highest BCUT2D eigenvalue weighted by molar-refractivity contribution is 7.95. The lowest BCUT2D eigenvalue weighted by Gasteiger charge is -2.32. The van der Waals surface area contributed by atoms with Gasteiger partial charge in [-0.25, -0.2) is 8.42 Å². The summed E-state index contributed by atoms with van der Waals surface area (Å²) in [5.74, 6) is -1.39. The van der Waals surface area contributed by atoms with Crippen molar-refractivity contribution in [3.05, 3.63) is 29.3 Å². The fourth-order valence-electron chi connectivity index (χ4n) is 4.75. The highest BCUT2D eigenvalue weighted by Crippen LogP contribution is 2.56. The molecule has 1 unspecified atom stereocenters. The largest absolute Gasteiger partial charge is 0.417 e. The number of sulfonamides is 1. The van der Waals surface area contributed by atoms with E-state index in [1.807, 2.05) is 0 Å². The number of rotatable bonds is 2. The molecule has 1 N–H and O–H groups in total. The van der Waals surface area contributed by atoms with Crippen LogP contribution in [0.15, 0.2) is 18.2 Å². The van der Waals surface area contributed by atoms with E-state index >= 15 is 0 Å². The summed E-state index contributed by atoms with van der Waals surface area (Å²) in [5.41, 5.74) is -2.03. The van der Waals surface area contributed by atoms with Crippen LogP contribution >= 0.6 is 0 Å². The number of ether oxygens (including phenoxy) is 1. The Morgan fingerprint density at radius 3 is 2.71 bits per heavy atom. The molecule has 28 heavy (non-hydrogen) atoms. The molecule has 3 saturated heterocycles. The molecule has 3 aliphatic heterocycles. The minimum absolute atomic E-state index is 0.153. The number of carbonyl (C=O) groups excluding carboxylic acids is 1. The number of amides is 1. The Bertz CT molecular complexity index is 1000. The average molecular weight is 415 g/mol. The van der Waals surface area contributed by atoms with Crippen molar-refractivity contribution in [3.8, 4) is 6.07 Å². The van der Waals surface area contributed by atoms with E-state index in [2.05, 4.69) is 5.32 Å². The van der Waals surface area contributed by atoms with Gasteiger partial charge in [0.15, 0.2) is 0 Å². The molecule has 11 heteroatoms. The molecule has 0 aromatic heterocycles. The number of hydrogen-bond donors (Lipinski definition) is 1. The molecule has 4 rings (SSSR count). The van der Waals surface area contributed by atoms with Crippen molar-refractivity contribution >= 4 is 21.6 Å². The van der Waals surface area contributed by atoms with Crippen LogP contribution in [0.3, 0.4) is 0 Å². The third kappa shape index (κ3) is 2.18. The van der Waals surface area contributed by atoms with Gasteiger partial charge in [0.1, 0.15) is 0 Å². The first kappa shape index (κ1) is 19.0. The molecule has 2 bridgehead atoms. The van der Waals surface area contributed by atoms with Crippen LogP contribution in [-0.2, 0) is 25.7 Å². The highest BCUT2D eigenvalue weighted by Gasteiger charge is 2.76. The van der Waals surface area contributed by atoms with Gasteiger partial charge in [-0.1, -0.05) is 0 Å². The molecule has 3 aliphatic rings. The van der Waals surface area contributed by atoms with Crippen LogP contribution in [0.25, 0.3) is 0 Å². The van der Waals surface area contributed by atoms with Gasteiger partial charge in [0, 0.05) is 19.5 Å². The first-order valence-corrected chi connectivity index (χ1v) is 10.0. The topological polar surface area (TPSA) is 99.5 Å². The lowest BCUT2D eigenvalue weighted by molar-refractivity contribution is -0.137. The maximum Gasteiger partial charge on any atom is 0.417 e. The molecule has 3 heterocycles. The molecule has 0 spiro atoms. The average Bonchev–Trinajstić information content (AvgIpc) is 3.30. The van der Waals surface area contributed by atoms with E-state index < -0.39 is 56.1 Å². The normalized spacial score (nSPS) is 32.8. The Morgan fingerprint density at radius 1 is 1.39 bits per heavy atom. The minimum atomic E-state index is -4.82. The number of nitrogens with one attached hydrogen (secondary N) is 1. The predicted octanol–water partition coefficient (Wildman–Crippen LogP) is 1.39. The molecule has 1 aromatic carbocycles. The van der Waals surface area contributed by atoms with Crippen molar-refractivity contribution in [2.45, 2.75) is 36.0 Å². The predicted molar refractivity (Wildman–Crippen MR) is 90.6 cm³/mol. The maximum absolute atomic E-state index is 13.4. The Kier molecular flexibility index (Phi) is 3.97. The lowest BCUT2D eigenvalue weighted by atomic mass is 9.78. The number of anilines is 1. The number of benzene rings is 1. The van der Waals surface area contributed by atoms with Gasteiger partial charge in [-0.3, -0.25) is 9.10 Å². The minimum Gasteiger partial charge on any atom is -0.372 e. The summed E-state index contributed by atoms with van der Waals surface area (Å²) in [5, 5.41) is 11.3. The van der Waals surface area contributed by atoms with Crippen LogP contribution in [0.1, 0.15) is 24.0 Å². The smallest absolute Gasteiger partial charge is 0.372 e. The second-order valence-electron chi connectivity index (χ2n) is 7.09. The summed E-state index contributed by atoms with van der Waals surface area (Å²) >= 11 is 0. The quantitative estimate of drug-likeness (QED) is 0.787. The molecule has 0 saturated carbocycles. The summed E-state index contributed by atoms with van der Waals surface area (Å²) in [7, 11) is -3.04. The van der Waals surface area contributed by atoms with E-state index in [0.717, 1.165) is 16.4 Å². The second-order valence-corrected chi connectivity index (χ2v) is 9.16. The second kappa shape index (κ2) is 5.84. The third-order valence-electron chi connectivity index (χ3n) is 5.91. The number of nitrogens with zero attached hydrogens (tertiary/aromatic N) is 2. The fraction of sp³-hybridized carbons (Fsp3) is 0.529. The van der Waals surface area contributed by atoms with Crippen molar-refractivity contribution in [1.82, 2.24) is 5.32 Å². The van der Waals surface area contributed by atoms with Gasteiger partial charge in [-0.2, -0.15) is 18.4 Å². The van der Waals surface area contributed by atoms with Gasteiger partial charge in [0.25, 0.3) is 10.0 Å². The summed E-state index contributed by atoms with van der Waals surface area (Å²) in [6.45, 7) is -0.153. The molecule has 3 fully saturated rings. The van der Waals surface area contributed by atoms with E-state index in [0.29, 0.717) is 18.9 Å². The van der Waals surface area contributed by atoms with Crippen LogP contribution in [0.4, 0.5) is 18.9 Å². The van der Waals surface area contributed by atoms with Crippen LogP contribution in [0.5, 0.6) is 0 Å². The first-order valence-electron chi connectivity index (χ1n) is 8.60. The first-order chi connectivity index (χ1) is 13.1. The third-order valence-corrected chi connectivity index (χ3v) is 8.45. The van der Waals surface area contributed by atoms with Gasteiger partial charge in [0.05, 0.1) is 35.1 Å². The SMILES string of the molecule is CNC(=O)C12[C@@H]3CC[C@@H](O3)[C@@H]1CN(c1ccc(C#N)c(C(F)(F)F)c1)S2(=O)=O. The Morgan fingerprint density at radius 2 is 2.11 bits per heavy atom. The van der Waals surface area contributed by atoms with Crippen LogP contribution in [0.2, 0.25) is 0 Å². The Balaban J connectivity index is 1.86. The van der Waals surface area contributed by atoms with E-state index in [1.165, 1.54) is 13.1 Å². The van der Waals surface area contributed by atoms with Gasteiger partial charge in [-0.05, 0) is 31.0 Å².